The van der Waals surface area contributed by atoms with Crippen molar-refractivity contribution >= 4 is 5.69 Å². The van der Waals surface area contributed by atoms with Crippen molar-refractivity contribution in [2.24, 2.45) is 0 Å². The summed E-state index contributed by atoms with van der Waals surface area (Å²) in [5, 5.41) is 12.4. The summed E-state index contributed by atoms with van der Waals surface area (Å²) in [7, 11) is 1.67. The van der Waals surface area contributed by atoms with Crippen LogP contribution in [0.2, 0.25) is 0 Å². The number of hydrogen-bond donors (Lipinski definition) is 1. The molecule has 0 unspecified atom stereocenters. The molecule has 1 aliphatic heterocycles. The summed E-state index contributed by atoms with van der Waals surface area (Å²) in [6.07, 6.45) is 0. The Hall–Kier alpha value is -2.89. The topological polar surface area (TPSA) is 64.9 Å². The van der Waals surface area contributed by atoms with Crippen LogP contribution in [0.15, 0.2) is 36.4 Å². The zero-order valence-corrected chi connectivity index (χ0v) is 13.9. The maximum atomic E-state index is 5.36. The van der Waals surface area contributed by atoms with Crippen molar-refractivity contribution in [1.29, 1.82) is 0 Å². The Labute approximate surface area is 140 Å². The molecule has 2 aromatic heterocycles. The lowest BCUT2D eigenvalue weighted by molar-refractivity contribution is 0.415. The Balaban J connectivity index is 1.96. The van der Waals surface area contributed by atoms with Crippen molar-refractivity contribution < 1.29 is 4.74 Å². The first-order valence-corrected chi connectivity index (χ1v) is 7.99. The summed E-state index contributed by atoms with van der Waals surface area (Å²) in [6.45, 7) is 4.91. The van der Waals surface area contributed by atoms with Gasteiger partial charge in [-0.2, -0.15) is 0 Å². The third kappa shape index (κ3) is 2.31. The highest BCUT2D eigenvalue weighted by molar-refractivity contribution is 5.68. The van der Waals surface area contributed by atoms with E-state index in [1.54, 1.807) is 7.11 Å². The number of methoxy groups -OCH3 is 1. The summed E-state index contributed by atoms with van der Waals surface area (Å²) in [4.78, 5) is 4.62. The van der Waals surface area contributed by atoms with Gasteiger partial charge in [0.2, 0.25) is 0 Å². The molecule has 1 aliphatic rings. The molecular formula is C18H19N5O. The lowest BCUT2D eigenvalue weighted by atomic mass is 10.1. The minimum Gasteiger partial charge on any atom is -0.497 e. The number of aromatic nitrogens is 4. The van der Waals surface area contributed by atoms with Gasteiger partial charge in [0, 0.05) is 24.2 Å². The second kappa shape index (κ2) is 5.63. The molecule has 0 fully saturated rings. The molecule has 6 nitrogen and oxygen atoms in total. The molecule has 0 radical (unpaired) electrons. The van der Waals surface area contributed by atoms with Crippen molar-refractivity contribution in [2.45, 2.75) is 19.8 Å². The van der Waals surface area contributed by atoms with Crippen LogP contribution in [-0.2, 0) is 0 Å². The fraction of sp³-hybridized carbons (Fsp3) is 0.278. The number of nitrogens with one attached hydrogen (secondary N) is 1. The summed E-state index contributed by atoms with van der Waals surface area (Å²) >= 11 is 0. The van der Waals surface area contributed by atoms with Gasteiger partial charge in [0.15, 0.2) is 5.82 Å². The number of anilines is 1. The maximum absolute atomic E-state index is 5.36. The number of rotatable bonds is 2. The number of nitrogens with zero attached hydrogens (tertiary/aromatic N) is 4. The molecule has 0 spiro atoms. The first kappa shape index (κ1) is 14.7. The van der Waals surface area contributed by atoms with Crippen LogP contribution >= 0.6 is 0 Å². The SMILES string of the molecule is COc1ccc2c(c1)NC[C@H](C)c1nnc(-c3cccc(C)n3)n1-2. The molecular weight excluding hydrogens is 302 g/mol. The molecule has 0 aliphatic carbocycles. The smallest absolute Gasteiger partial charge is 0.187 e. The van der Waals surface area contributed by atoms with E-state index < -0.39 is 0 Å². The summed E-state index contributed by atoms with van der Waals surface area (Å²) in [5.74, 6) is 2.75. The predicted molar refractivity (Wildman–Crippen MR) is 92.8 cm³/mol. The molecule has 4 rings (SSSR count). The molecule has 0 saturated heterocycles. The van der Waals surface area contributed by atoms with Crippen LogP contribution in [0.4, 0.5) is 5.69 Å². The number of benzene rings is 1. The zero-order valence-electron chi connectivity index (χ0n) is 13.9. The van der Waals surface area contributed by atoms with Crippen LogP contribution in [0, 0.1) is 6.92 Å². The van der Waals surface area contributed by atoms with Gasteiger partial charge in [-0.25, -0.2) is 4.98 Å². The molecule has 0 bridgehead atoms. The third-order valence-corrected chi connectivity index (χ3v) is 4.29. The van der Waals surface area contributed by atoms with Gasteiger partial charge in [-0.1, -0.05) is 13.0 Å². The lowest BCUT2D eigenvalue weighted by Gasteiger charge is -2.13. The van der Waals surface area contributed by atoms with Crippen molar-refractivity contribution in [1.82, 2.24) is 19.7 Å². The highest BCUT2D eigenvalue weighted by atomic mass is 16.5. The van der Waals surface area contributed by atoms with E-state index in [1.807, 2.05) is 43.3 Å². The average Bonchev–Trinajstić information content (AvgIpc) is 2.99. The summed E-state index contributed by atoms with van der Waals surface area (Å²) in [5.41, 5.74) is 3.80. The molecule has 0 amide bonds. The first-order valence-electron chi connectivity index (χ1n) is 7.99. The molecule has 0 saturated carbocycles. The molecule has 3 aromatic rings. The van der Waals surface area contributed by atoms with E-state index in [0.29, 0.717) is 0 Å². The highest BCUT2D eigenvalue weighted by Gasteiger charge is 2.25. The highest BCUT2D eigenvalue weighted by Crippen LogP contribution is 2.34. The minimum atomic E-state index is 0.231. The molecule has 1 aromatic carbocycles. The Kier molecular flexibility index (Phi) is 3.45. The molecule has 3 heterocycles. The van der Waals surface area contributed by atoms with Gasteiger partial charge in [0.1, 0.15) is 17.3 Å². The van der Waals surface area contributed by atoms with Crippen LogP contribution in [0.5, 0.6) is 5.75 Å². The van der Waals surface area contributed by atoms with E-state index in [-0.39, 0.29) is 5.92 Å². The summed E-state index contributed by atoms with van der Waals surface area (Å²) in [6, 6.07) is 11.9. The fourth-order valence-corrected chi connectivity index (χ4v) is 3.02. The Morgan fingerprint density at radius 1 is 1.21 bits per heavy atom. The van der Waals surface area contributed by atoms with E-state index in [4.69, 9.17) is 4.74 Å². The van der Waals surface area contributed by atoms with Gasteiger partial charge in [-0.05, 0) is 31.2 Å². The monoisotopic (exact) mass is 321 g/mol. The van der Waals surface area contributed by atoms with Gasteiger partial charge >= 0.3 is 0 Å². The number of pyridine rings is 1. The van der Waals surface area contributed by atoms with Crippen LogP contribution in [0.1, 0.15) is 24.4 Å². The lowest BCUT2D eigenvalue weighted by Crippen LogP contribution is -2.09. The average molecular weight is 321 g/mol. The first-order chi connectivity index (χ1) is 11.7. The Morgan fingerprint density at radius 3 is 2.88 bits per heavy atom. The number of hydrogen-bond acceptors (Lipinski definition) is 5. The van der Waals surface area contributed by atoms with E-state index in [0.717, 1.165) is 46.7 Å². The largest absolute Gasteiger partial charge is 0.497 e. The van der Waals surface area contributed by atoms with Crippen molar-refractivity contribution in [3.05, 3.63) is 47.9 Å². The number of fused-ring (bicyclic) bond motifs is 3. The molecule has 122 valence electrons. The normalized spacial score (nSPS) is 15.9. The Bertz CT molecular complexity index is 902. The van der Waals surface area contributed by atoms with E-state index in [9.17, 15) is 0 Å². The fourth-order valence-electron chi connectivity index (χ4n) is 3.02. The molecule has 1 N–H and O–H groups in total. The second-order valence-electron chi connectivity index (χ2n) is 6.05. The van der Waals surface area contributed by atoms with Gasteiger partial charge in [0.25, 0.3) is 0 Å². The van der Waals surface area contributed by atoms with Crippen molar-refractivity contribution in [3.8, 4) is 23.0 Å². The second-order valence-corrected chi connectivity index (χ2v) is 6.05. The maximum Gasteiger partial charge on any atom is 0.187 e. The third-order valence-electron chi connectivity index (χ3n) is 4.29. The van der Waals surface area contributed by atoms with Crippen LogP contribution in [0.25, 0.3) is 17.2 Å². The van der Waals surface area contributed by atoms with Crippen molar-refractivity contribution in [2.75, 3.05) is 19.0 Å². The summed E-state index contributed by atoms with van der Waals surface area (Å²) < 4.78 is 7.45. The molecule has 24 heavy (non-hydrogen) atoms. The zero-order chi connectivity index (χ0) is 16.7. The van der Waals surface area contributed by atoms with E-state index in [1.165, 1.54) is 0 Å². The molecule has 1 atom stereocenters. The molecule has 6 heteroatoms. The Morgan fingerprint density at radius 2 is 2.08 bits per heavy atom. The standard InChI is InChI=1S/C18H19N5O/c1-11-10-19-15-9-13(24-3)7-8-16(15)23-17(11)21-22-18(23)14-6-4-5-12(2)20-14/h4-9,11,19H,10H2,1-3H3/t11-/m0/s1. The number of ether oxygens (including phenoxy) is 1. The number of aryl methyl sites for hydroxylation is 1. The quantitative estimate of drug-likeness (QED) is 0.785. The van der Waals surface area contributed by atoms with Crippen LogP contribution in [0.3, 0.4) is 0 Å². The van der Waals surface area contributed by atoms with E-state index >= 15 is 0 Å². The van der Waals surface area contributed by atoms with E-state index in [2.05, 4.69) is 32.0 Å². The van der Waals surface area contributed by atoms with Gasteiger partial charge in [0.05, 0.1) is 18.5 Å². The van der Waals surface area contributed by atoms with Gasteiger partial charge in [-0.3, -0.25) is 4.57 Å². The van der Waals surface area contributed by atoms with Gasteiger partial charge < -0.3 is 10.1 Å². The minimum absolute atomic E-state index is 0.231. The van der Waals surface area contributed by atoms with Crippen LogP contribution in [-0.4, -0.2) is 33.4 Å². The van der Waals surface area contributed by atoms with Crippen molar-refractivity contribution in [3.63, 3.8) is 0 Å². The van der Waals surface area contributed by atoms with Crippen LogP contribution < -0.4 is 10.1 Å². The predicted octanol–water partition coefficient (Wildman–Crippen LogP) is 3.18. The van der Waals surface area contributed by atoms with Gasteiger partial charge in [-0.15, -0.1) is 10.2 Å².